The van der Waals surface area contributed by atoms with Crippen LogP contribution in [-0.2, 0) is 4.43 Å². The number of hydrogen-bond donors (Lipinski definition) is 0. The molecule has 108 valence electrons. The van der Waals surface area contributed by atoms with E-state index in [0.717, 1.165) is 17.4 Å². The fourth-order valence-corrected chi connectivity index (χ4v) is 3.86. The second-order valence-corrected chi connectivity index (χ2v) is 13.5. The third-order valence-corrected chi connectivity index (χ3v) is 4.15. The molecule has 0 aromatic heterocycles. The summed E-state index contributed by atoms with van der Waals surface area (Å²) in [4.78, 5) is 0. The van der Waals surface area contributed by atoms with Crippen LogP contribution in [-0.4, -0.2) is 13.1 Å². The van der Waals surface area contributed by atoms with Gasteiger partial charge in [0.05, 0.1) is 0 Å². The topological polar surface area (TPSA) is 9.23 Å². The van der Waals surface area contributed by atoms with Gasteiger partial charge in [-0.25, -0.2) is 0 Å². The van der Waals surface area contributed by atoms with E-state index in [1.807, 2.05) is 11.8 Å². The molecule has 18 heavy (non-hydrogen) atoms. The van der Waals surface area contributed by atoms with E-state index >= 15 is 0 Å². The maximum Gasteiger partial charge on any atom is 0.242 e. The lowest BCUT2D eigenvalue weighted by Crippen LogP contribution is -2.25. The molecule has 0 bridgehead atoms. The first-order valence-electron chi connectivity index (χ1n) is 7.08. The van der Waals surface area contributed by atoms with E-state index in [0.29, 0.717) is 0 Å². The number of rotatable bonds is 7. The van der Waals surface area contributed by atoms with Gasteiger partial charge < -0.3 is 4.43 Å². The van der Waals surface area contributed by atoms with Crippen LogP contribution < -0.4 is 0 Å². The monoisotopic (exact) mass is 288 g/mol. The molecule has 0 saturated carbocycles. The van der Waals surface area contributed by atoms with Crippen LogP contribution in [0.1, 0.15) is 53.9 Å². The van der Waals surface area contributed by atoms with E-state index in [4.69, 9.17) is 4.43 Å². The van der Waals surface area contributed by atoms with Gasteiger partial charge in [-0.2, -0.15) is 0 Å². The summed E-state index contributed by atoms with van der Waals surface area (Å²) in [6.07, 6.45) is 6.01. The Bertz CT molecular complexity index is 241. The van der Waals surface area contributed by atoms with Crippen molar-refractivity contribution in [2.24, 2.45) is 5.92 Å². The van der Waals surface area contributed by atoms with Crippen LogP contribution in [0.15, 0.2) is 11.2 Å². The summed E-state index contributed by atoms with van der Waals surface area (Å²) in [5.41, 5.74) is 0. The fraction of sp³-hybridized carbons (Fsp3) is 0.867. The third-order valence-electron chi connectivity index (χ3n) is 2.11. The standard InChI is InChI=1S/C15H32OSSi/c1-13(2)11-9-10-12-14(16-18(6,7)8)17-15(3,4)5/h12-13H,9-11H2,1-8H3/b14-12+. The molecular weight excluding hydrogens is 256 g/mol. The van der Waals surface area contributed by atoms with Gasteiger partial charge in [-0.1, -0.05) is 52.8 Å². The lowest BCUT2D eigenvalue weighted by molar-refractivity contribution is 0.457. The second-order valence-electron chi connectivity index (χ2n) is 7.28. The van der Waals surface area contributed by atoms with Crippen molar-refractivity contribution in [2.75, 3.05) is 0 Å². The predicted molar refractivity (Wildman–Crippen MR) is 88.5 cm³/mol. The average Bonchev–Trinajstić information content (AvgIpc) is 2.06. The quantitative estimate of drug-likeness (QED) is 0.321. The van der Waals surface area contributed by atoms with Crippen LogP contribution in [0.25, 0.3) is 0 Å². The Kier molecular flexibility index (Phi) is 7.68. The largest absolute Gasteiger partial charge is 0.540 e. The minimum atomic E-state index is -1.49. The second kappa shape index (κ2) is 7.64. The summed E-state index contributed by atoms with van der Waals surface area (Å²) >= 11 is 1.86. The van der Waals surface area contributed by atoms with E-state index in [-0.39, 0.29) is 4.75 Å². The smallest absolute Gasteiger partial charge is 0.242 e. The van der Waals surface area contributed by atoms with Gasteiger partial charge in [-0.3, -0.25) is 0 Å². The molecule has 0 aliphatic carbocycles. The van der Waals surface area contributed by atoms with Crippen molar-refractivity contribution in [2.45, 2.75) is 78.3 Å². The Morgan fingerprint density at radius 2 is 1.78 bits per heavy atom. The molecule has 0 saturated heterocycles. The summed E-state index contributed by atoms with van der Waals surface area (Å²) in [7, 11) is -1.49. The molecule has 1 nitrogen and oxygen atoms in total. The highest BCUT2D eigenvalue weighted by atomic mass is 32.2. The normalized spacial score (nSPS) is 14.2. The van der Waals surface area contributed by atoms with Crippen molar-refractivity contribution in [1.29, 1.82) is 0 Å². The average molecular weight is 289 g/mol. The van der Waals surface area contributed by atoms with Crippen LogP contribution in [0.2, 0.25) is 19.6 Å². The number of allylic oxidation sites excluding steroid dienone is 1. The van der Waals surface area contributed by atoms with Crippen LogP contribution in [0.5, 0.6) is 0 Å². The minimum Gasteiger partial charge on any atom is -0.540 e. The number of hydrogen-bond acceptors (Lipinski definition) is 2. The molecule has 0 amide bonds. The van der Waals surface area contributed by atoms with Crippen LogP contribution in [0, 0.1) is 5.92 Å². The van der Waals surface area contributed by atoms with Gasteiger partial charge >= 0.3 is 0 Å². The molecule has 0 unspecified atom stereocenters. The Balaban J connectivity index is 4.41. The molecule has 0 aromatic carbocycles. The van der Waals surface area contributed by atoms with Gasteiger partial charge in [-0.05, 0) is 44.5 Å². The van der Waals surface area contributed by atoms with E-state index in [1.165, 1.54) is 12.8 Å². The maximum atomic E-state index is 6.18. The zero-order chi connectivity index (χ0) is 14.4. The molecule has 0 radical (unpaired) electrons. The SMILES string of the molecule is CC(C)CCC/C=C(\O[Si](C)(C)C)SC(C)(C)C. The maximum absolute atomic E-state index is 6.18. The summed E-state index contributed by atoms with van der Waals surface area (Å²) in [6.45, 7) is 18.0. The first-order chi connectivity index (χ1) is 7.99. The lowest BCUT2D eigenvalue weighted by atomic mass is 10.1. The van der Waals surface area contributed by atoms with Crippen molar-refractivity contribution in [3.05, 3.63) is 11.2 Å². The molecule has 0 rings (SSSR count). The highest BCUT2D eigenvalue weighted by molar-refractivity contribution is 8.04. The first-order valence-corrected chi connectivity index (χ1v) is 11.3. The molecule has 0 atom stereocenters. The summed E-state index contributed by atoms with van der Waals surface area (Å²) < 4.78 is 6.41. The highest BCUT2D eigenvalue weighted by Gasteiger charge is 2.21. The lowest BCUT2D eigenvalue weighted by Gasteiger charge is -2.26. The number of thioether (sulfide) groups is 1. The molecule has 0 aliphatic heterocycles. The van der Waals surface area contributed by atoms with Crippen molar-refractivity contribution < 1.29 is 4.43 Å². The van der Waals surface area contributed by atoms with Gasteiger partial charge in [0.1, 0.15) is 5.09 Å². The van der Waals surface area contributed by atoms with Crippen molar-refractivity contribution >= 4 is 20.1 Å². The van der Waals surface area contributed by atoms with Crippen LogP contribution in [0.3, 0.4) is 0 Å². The first kappa shape index (κ1) is 18.1. The van der Waals surface area contributed by atoms with Crippen LogP contribution in [0.4, 0.5) is 0 Å². The summed E-state index contributed by atoms with van der Waals surface area (Å²) in [6, 6.07) is 0. The molecule has 0 spiro atoms. The number of unbranched alkanes of at least 4 members (excludes halogenated alkanes) is 1. The van der Waals surface area contributed by atoms with E-state index < -0.39 is 8.32 Å². The zero-order valence-corrected chi connectivity index (χ0v) is 15.4. The summed E-state index contributed by atoms with van der Waals surface area (Å²) in [5, 5.41) is 1.14. The third kappa shape index (κ3) is 12.6. The molecular formula is C15H32OSSi. The molecule has 0 aliphatic rings. The van der Waals surface area contributed by atoms with Gasteiger partial charge in [-0.15, -0.1) is 0 Å². The van der Waals surface area contributed by atoms with Crippen LogP contribution >= 0.6 is 11.8 Å². The Morgan fingerprint density at radius 3 is 2.17 bits per heavy atom. The van der Waals surface area contributed by atoms with E-state index in [9.17, 15) is 0 Å². The molecule has 0 fully saturated rings. The van der Waals surface area contributed by atoms with Gasteiger partial charge in [0.2, 0.25) is 8.32 Å². The van der Waals surface area contributed by atoms with Crippen molar-refractivity contribution in [1.82, 2.24) is 0 Å². The zero-order valence-electron chi connectivity index (χ0n) is 13.6. The van der Waals surface area contributed by atoms with E-state index in [2.05, 4.69) is 60.3 Å². The molecule has 0 N–H and O–H groups in total. The molecule has 0 aromatic rings. The van der Waals surface area contributed by atoms with Gasteiger partial charge in [0.25, 0.3) is 0 Å². The predicted octanol–water partition coefficient (Wildman–Crippen LogP) is 6.04. The van der Waals surface area contributed by atoms with Crippen molar-refractivity contribution in [3.63, 3.8) is 0 Å². The van der Waals surface area contributed by atoms with E-state index in [1.54, 1.807) is 0 Å². The Morgan fingerprint density at radius 1 is 1.22 bits per heavy atom. The fourth-order valence-electron chi connectivity index (χ4n) is 1.45. The Hall–Kier alpha value is 0.107. The molecule has 3 heteroatoms. The Labute approximate surface area is 120 Å². The van der Waals surface area contributed by atoms with Crippen molar-refractivity contribution in [3.8, 4) is 0 Å². The summed E-state index contributed by atoms with van der Waals surface area (Å²) in [5.74, 6) is 0.801. The van der Waals surface area contributed by atoms with Gasteiger partial charge in [0, 0.05) is 4.75 Å². The highest BCUT2D eigenvalue weighted by Crippen LogP contribution is 2.34. The molecule has 0 heterocycles. The minimum absolute atomic E-state index is 0.226. The van der Waals surface area contributed by atoms with Gasteiger partial charge in [0.15, 0.2) is 0 Å².